The van der Waals surface area contributed by atoms with Crippen molar-refractivity contribution in [3.63, 3.8) is 0 Å². The van der Waals surface area contributed by atoms with Crippen molar-refractivity contribution < 1.29 is 67.8 Å². The van der Waals surface area contributed by atoms with Crippen LogP contribution in [0.25, 0.3) is 0 Å². The van der Waals surface area contributed by atoms with Gasteiger partial charge in [0.15, 0.2) is 17.7 Å². The summed E-state index contributed by atoms with van der Waals surface area (Å²) < 4.78 is 24.1. The van der Waals surface area contributed by atoms with Crippen LogP contribution in [-0.4, -0.2) is 117 Å². The number of esters is 3. The Labute approximate surface area is 325 Å². The van der Waals surface area contributed by atoms with E-state index in [0.29, 0.717) is 11.1 Å². The Bertz CT molecular complexity index is 1740. The first kappa shape index (κ1) is 41.6. The van der Waals surface area contributed by atoms with Crippen LogP contribution in [0, 0.1) is 40.4 Å². The molecule has 0 aromatic heterocycles. The number of imide groups is 1. The molecule has 4 N–H and O–H groups in total. The van der Waals surface area contributed by atoms with Gasteiger partial charge in [-0.1, -0.05) is 52.7 Å². The third-order valence-electron chi connectivity index (χ3n) is 13.7. The second-order valence-corrected chi connectivity index (χ2v) is 17.4. The van der Waals surface area contributed by atoms with Crippen molar-refractivity contribution in [1.82, 2.24) is 10.2 Å². The van der Waals surface area contributed by atoms with Gasteiger partial charge in [-0.3, -0.25) is 33.7 Å². The van der Waals surface area contributed by atoms with Crippen molar-refractivity contribution in [2.75, 3.05) is 19.7 Å². The van der Waals surface area contributed by atoms with Crippen LogP contribution >= 0.6 is 0 Å². The molecule has 2 saturated carbocycles. The van der Waals surface area contributed by atoms with Crippen LogP contribution in [0.5, 0.6) is 0 Å². The van der Waals surface area contributed by atoms with Crippen LogP contribution in [0.3, 0.4) is 0 Å². The van der Waals surface area contributed by atoms with E-state index in [9.17, 15) is 48.9 Å². The number of carbonyl (C=O) groups excluding carboxylic acids is 7. The van der Waals surface area contributed by atoms with Gasteiger partial charge in [0.2, 0.25) is 12.0 Å². The van der Waals surface area contributed by atoms with Crippen molar-refractivity contribution in [1.29, 1.82) is 0 Å². The van der Waals surface area contributed by atoms with Gasteiger partial charge in [0.25, 0.3) is 11.8 Å². The summed E-state index contributed by atoms with van der Waals surface area (Å²) in [7, 11) is 0. The van der Waals surface area contributed by atoms with E-state index in [2.05, 4.69) is 5.32 Å². The number of ketones is 1. The van der Waals surface area contributed by atoms with Gasteiger partial charge in [-0.05, 0) is 31.1 Å². The van der Waals surface area contributed by atoms with E-state index in [1.165, 1.54) is 0 Å². The van der Waals surface area contributed by atoms with Crippen molar-refractivity contribution in [2.45, 2.75) is 123 Å². The maximum atomic E-state index is 14.0. The molecule has 6 rings (SSSR count). The summed E-state index contributed by atoms with van der Waals surface area (Å²) in [5.41, 5.74) is -2.96. The fourth-order valence-electron chi connectivity index (χ4n) is 10.9. The van der Waals surface area contributed by atoms with E-state index in [-0.39, 0.29) is 63.6 Å². The first-order chi connectivity index (χ1) is 26.1. The quantitative estimate of drug-likeness (QED) is 0.0885. The average molecular weight is 787 g/mol. The smallest absolute Gasteiger partial charge is 0.348 e. The van der Waals surface area contributed by atoms with Crippen LogP contribution in [-0.2, 0) is 52.5 Å². The van der Waals surface area contributed by atoms with E-state index in [1.54, 1.807) is 48.5 Å². The number of aliphatic hydroxyl groups excluding tert-OH is 1. The number of allylic oxidation sites excluding steroid dienone is 1. The Morgan fingerprint density at radius 3 is 2.30 bits per heavy atom. The van der Waals surface area contributed by atoms with Gasteiger partial charge in [0.05, 0.1) is 18.6 Å². The second kappa shape index (κ2) is 14.7. The minimum absolute atomic E-state index is 0.00793. The number of ether oxygens (including phenoxy) is 4. The number of carbonyl (C=O) groups is 7. The number of Topliss-reactive ketones (excluding diaryl/α,β-unsaturated/α-hetero) is 1. The molecule has 0 aromatic rings. The highest BCUT2D eigenvalue weighted by atomic mass is 16.7. The minimum atomic E-state index is -2.29. The lowest BCUT2D eigenvalue weighted by Gasteiger charge is -2.66. The molecule has 16 heteroatoms. The fourth-order valence-corrected chi connectivity index (χ4v) is 10.9. The molecule has 2 saturated heterocycles. The maximum absolute atomic E-state index is 14.0. The van der Waals surface area contributed by atoms with Gasteiger partial charge in [-0.2, -0.15) is 0 Å². The standard InChI is InChI=1S/C40H54N2O14/c1-19(2)39(51,20(3)4)17-30(48)55-32-31-22(6)33(49)40(52)36-37(7)23(16-25(54-35(32)50)38(31,36)18-53-40)21(5)15-24(43)34(37)56-29(47)10-8-9-26(44)41-13-14-42-27(45)11-12-28(42)46/h11-12,19-20,22,25,31-34,36,49,51-52H,8-10,13-18H2,1-7H3,(H,41,44)/t22-,25-,31?,32?,33-,34-,36?,37-,38+,40-/m1/s1. The zero-order valence-electron chi connectivity index (χ0n) is 33.0. The SMILES string of the molecule is CC1=C2C[C@H]3OC(=O)C(OC(=O)CC(O)(C(C)C)C(C)C)C4[C@@H](C)[C@@H](O)[C@@]5(O)OC[C@@]43C5[C@@]2(C)[C@H](OC(=O)CCCC(=O)NCCN2C(=O)C=CC2=O)C(=O)C1. The average Bonchev–Trinajstić information content (AvgIpc) is 3.59. The molecule has 3 unspecified atom stereocenters. The number of rotatable bonds is 13. The number of nitrogens with zero attached hydrogens (tertiary/aromatic N) is 1. The van der Waals surface area contributed by atoms with Crippen LogP contribution < -0.4 is 5.32 Å². The van der Waals surface area contributed by atoms with Gasteiger partial charge in [0, 0.05) is 73.6 Å². The van der Waals surface area contributed by atoms with Gasteiger partial charge in [-0.15, -0.1) is 0 Å². The number of amides is 3. The molecule has 56 heavy (non-hydrogen) atoms. The zero-order chi connectivity index (χ0) is 41.3. The molecule has 308 valence electrons. The summed E-state index contributed by atoms with van der Waals surface area (Å²) in [5, 5.41) is 38.3. The Kier molecular flexibility index (Phi) is 11.0. The number of hydrogen-bond donors (Lipinski definition) is 4. The van der Waals surface area contributed by atoms with Crippen LogP contribution in [0.2, 0.25) is 0 Å². The Morgan fingerprint density at radius 1 is 1.04 bits per heavy atom. The summed E-state index contributed by atoms with van der Waals surface area (Å²) in [6.07, 6.45) is -3.90. The van der Waals surface area contributed by atoms with Crippen LogP contribution in [0.15, 0.2) is 23.3 Å². The van der Waals surface area contributed by atoms with E-state index in [0.717, 1.165) is 17.1 Å². The van der Waals surface area contributed by atoms with Crippen molar-refractivity contribution >= 4 is 41.4 Å². The molecule has 3 aliphatic heterocycles. The largest absolute Gasteiger partial charge is 0.459 e. The highest BCUT2D eigenvalue weighted by Crippen LogP contribution is 2.73. The highest BCUT2D eigenvalue weighted by Gasteiger charge is 2.83. The molecule has 3 amide bonds. The summed E-state index contributed by atoms with van der Waals surface area (Å²) in [6.45, 7) is 12.0. The molecule has 2 bridgehead atoms. The second-order valence-electron chi connectivity index (χ2n) is 17.4. The molecule has 4 fully saturated rings. The van der Waals surface area contributed by atoms with Crippen molar-refractivity contribution in [3.05, 3.63) is 23.3 Å². The third-order valence-corrected chi connectivity index (χ3v) is 13.7. The highest BCUT2D eigenvalue weighted by molar-refractivity contribution is 6.12. The molecule has 0 aromatic carbocycles. The van der Waals surface area contributed by atoms with Crippen LogP contribution in [0.4, 0.5) is 0 Å². The lowest BCUT2D eigenvalue weighted by atomic mass is 9.39. The summed E-state index contributed by atoms with van der Waals surface area (Å²) in [5.74, 6) is -10.2. The molecule has 6 aliphatic rings. The molecule has 0 radical (unpaired) electrons. The topological polar surface area (TPSA) is 232 Å². The molecular formula is C40H54N2O14. The predicted octanol–water partition coefficient (Wildman–Crippen LogP) is 1.03. The van der Waals surface area contributed by atoms with Gasteiger partial charge < -0.3 is 39.6 Å². The normalized spacial score (nSPS) is 36.1. The number of fused-ring (bicyclic) bond motifs is 1. The summed E-state index contributed by atoms with van der Waals surface area (Å²) in [6, 6.07) is 0. The lowest BCUT2D eigenvalue weighted by molar-refractivity contribution is -0.326. The predicted molar refractivity (Wildman–Crippen MR) is 192 cm³/mol. The van der Waals surface area contributed by atoms with Crippen LogP contribution in [0.1, 0.15) is 87.0 Å². The molecule has 10 atom stereocenters. The summed E-state index contributed by atoms with van der Waals surface area (Å²) in [4.78, 5) is 91.8. The van der Waals surface area contributed by atoms with E-state index in [1.807, 2.05) is 0 Å². The van der Waals surface area contributed by atoms with E-state index < -0.39 is 112 Å². The number of aliphatic hydroxyl groups is 3. The van der Waals surface area contributed by atoms with Gasteiger partial charge in [0.1, 0.15) is 12.2 Å². The molecular weight excluding hydrogens is 732 g/mol. The molecule has 1 spiro atoms. The van der Waals surface area contributed by atoms with Gasteiger partial charge >= 0.3 is 17.9 Å². The first-order valence-electron chi connectivity index (χ1n) is 19.5. The number of nitrogens with one attached hydrogen (secondary N) is 1. The van der Waals surface area contributed by atoms with E-state index >= 15 is 0 Å². The zero-order valence-corrected chi connectivity index (χ0v) is 33.0. The molecule has 3 aliphatic carbocycles. The van der Waals surface area contributed by atoms with Crippen molar-refractivity contribution in [3.8, 4) is 0 Å². The third kappa shape index (κ3) is 6.40. The Balaban J connectivity index is 1.24. The van der Waals surface area contributed by atoms with E-state index in [4.69, 9.17) is 18.9 Å². The Hall–Kier alpha value is -3.99. The maximum Gasteiger partial charge on any atom is 0.348 e. The monoisotopic (exact) mass is 786 g/mol. The lowest BCUT2D eigenvalue weighted by Crippen LogP contribution is -2.77. The minimum Gasteiger partial charge on any atom is -0.459 e. The molecule has 3 heterocycles. The Morgan fingerprint density at radius 2 is 1.68 bits per heavy atom. The fraction of sp³-hybridized carbons (Fsp3) is 0.725. The van der Waals surface area contributed by atoms with Crippen molar-refractivity contribution in [2.24, 2.45) is 40.4 Å². The summed E-state index contributed by atoms with van der Waals surface area (Å²) >= 11 is 0. The van der Waals surface area contributed by atoms with Gasteiger partial charge in [-0.25, -0.2) is 4.79 Å². The molecule has 16 nitrogen and oxygen atoms in total. The number of hydrogen-bond acceptors (Lipinski definition) is 14. The first-order valence-corrected chi connectivity index (χ1v) is 19.5.